The summed E-state index contributed by atoms with van der Waals surface area (Å²) in [5, 5.41) is 0. The maximum Gasteiger partial charge on any atom is 0.0670 e. The van der Waals surface area contributed by atoms with Crippen LogP contribution in [-0.2, 0) is 4.74 Å². The van der Waals surface area contributed by atoms with Gasteiger partial charge < -0.3 is 4.74 Å². The van der Waals surface area contributed by atoms with Crippen LogP contribution in [0.15, 0.2) is 11.6 Å². The van der Waals surface area contributed by atoms with Crippen LogP contribution in [0.5, 0.6) is 0 Å². The molecular formula is C14H24O. The highest BCUT2D eigenvalue weighted by Crippen LogP contribution is 2.46. The summed E-state index contributed by atoms with van der Waals surface area (Å²) in [5.41, 5.74) is 1.63. The van der Waals surface area contributed by atoms with E-state index in [1.807, 2.05) is 0 Å². The highest BCUT2D eigenvalue weighted by molar-refractivity contribution is 5.15. The maximum atomic E-state index is 6.33. The van der Waals surface area contributed by atoms with E-state index in [-0.39, 0.29) is 5.60 Å². The third-order valence-electron chi connectivity index (χ3n) is 4.32. The zero-order valence-electron chi connectivity index (χ0n) is 10.7. The molecular weight excluding hydrogens is 184 g/mol. The van der Waals surface area contributed by atoms with Gasteiger partial charge in [0.1, 0.15) is 0 Å². The van der Waals surface area contributed by atoms with E-state index in [1.165, 1.54) is 12.8 Å². The number of ether oxygens (including phenoxy) is 1. The Kier molecular flexibility index (Phi) is 2.70. The molecule has 0 amide bonds. The maximum absolute atomic E-state index is 6.33. The van der Waals surface area contributed by atoms with Crippen molar-refractivity contribution >= 4 is 0 Å². The molecule has 2 bridgehead atoms. The molecule has 1 nitrogen and oxygen atoms in total. The standard InChI is InChI=1S/C14H24O/c1-9(2)13-12-8-11(7-6-10(12)3)14(4,5)15-13/h6,9,11-13H,7-8H2,1-5H3/t11-,12-,13-/m0/s1. The minimum Gasteiger partial charge on any atom is -0.371 e. The summed E-state index contributed by atoms with van der Waals surface area (Å²) in [6, 6.07) is 0. The molecule has 0 unspecified atom stereocenters. The van der Waals surface area contributed by atoms with Gasteiger partial charge in [-0.25, -0.2) is 0 Å². The molecule has 0 radical (unpaired) electrons. The van der Waals surface area contributed by atoms with Crippen molar-refractivity contribution in [3.8, 4) is 0 Å². The first kappa shape index (κ1) is 11.2. The van der Waals surface area contributed by atoms with Gasteiger partial charge in [-0.1, -0.05) is 25.5 Å². The highest BCUT2D eigenvalue weighted by atomic mass is 16.5. The van der Waals surface area contributed by atoms with Gasteiger partial charge in [-0.2, -0.15) is 0 Å². The average molecular weight is 208 g/mol. The number of hydrogen-bond acceptors (Lipinski definition) is 1. The predicted octanol–water partition coefficient (Wildman–Crippen LogP) is 3.79. The molecule has 3 atom stereocenters. The van der Waals surface area contributed by atoms with Crippen LogP contribution in [0.2, 0.25) is 0 Å². The topological polar surface area (TPSA) is 9.23 Å². The molecule has 1 aliphatic carbocycles. The molecule has 0 aromatic carbocycles. The van der Waals surface area contributed by atoms with Gasteiger partial charge in [0.25, 0.3) is 0 Å². The Balaban J connectivity index is 2.28. The first-order valence-electron chi connectivity index (χ1n) is 6.26. The molecule has 1 saturated heterocycles. The lowest BCUT2D eigenvalue weighted by Crippen LogP contribution is -2.51. The van der Waals surface area contributed by atoms with E-state index in [0.717, 1.165) is 5.92 Å². The molecule has 0 spiro atoms. The van der Waals surface area contributed by atoms with Crippen molar-refractivity contribution in [3.05, 3.63) is 11.6 Å². The van der Waals surface area contributed by atoms with Crippen molar-refractivity contribution in [1.82, 2.24) is 0 Å². The lowest BCUT2D eigenvalue weighted by Gasteiger charge is -2.50. The third kappa shape index (κ3) is 1.87. The SMILES string of the molecule is CC1=CC[C@H]2C[C@@H]1[C@H](C(C)C)OC2(C)C. The Morgan fingerprint density at radius 1 is 1.40 bits per heavy atom. The Hall–Kier alpha value is -0.300. The van der Waals surface area contributed by atoms with Gasteiger partial charge in [-0.15, -0.1) is 0 Å². The summed E-state index contributed by atoms with van der Waals surface area (Å²) in [6.45, 7) is 11.4. The molecule has 1 heteroatoms. The van der Waals surface area contributed by atoms with Gasteiger partial charge in [0.05, 0.1) is 11.7 Å². The molecule has 86 valence electrons. The first-order chi connectivity index (χ1) is 6.92. The average Bonchev–Trinajstić information content (AvgIpc) is 2.14. The number of allylic oxidation sites excluding steroid dienone is 1. The van der Waals surface area contributed by atoms with Crippen LogP contribution in [0.3, 0.4) is 0 Å². The normalized spacial score (nSPS) is 39.1. The van der Waals surface area contributed by atoms with Crippen LogP contribution < -0.4 is 0 Å². The summed E-state index contributed by atoms with van der Waals surface area (Å²) in [7, 11) is 0. The van der Waals surface area contributed by atoms with E-state index in [9.17, 15) is 0 Å². The fourth-order valence-corrected chi connectivity index (χ4v) is 3.16. The van der Waals surface area contributed by atoms with Crippen molar-refractivity contribution < 1.29 is 4.74 Å². The number of hydrogen-bond donors (Lipinski definition) is 0. The molecule has 0 aromatic heterocycles. The molecule has 0 aromatic rings. The summed E-state index contributed by atoms with van der Waals surface area (Å²) < 4.78 is 6.33. The van der Waals surface area contributed by atoms with E-state index in [1.54, 1.807) is 5.57 Å². The van der Waals surface area contributed by atoms with E-state index >= 15 is 0 Å². The molecule has 0 N–H and O–H groups in total. The fourth-order valence-electron chi connectivity index (χ4n) is 3.16. The zero-order chi connectivity index (χ0) is 11.2. The van der Waals surface area contributed by atoms with E-state index in [2.05, 4.69) is 40.7 Å². The molecule has 1 aliphatic heterocycles. The van der Waals surface area contributed by atoms with Gasteiger partial charge >= 0.3 is 0 Å². The quantitative estimate of drug-likeness (QED) is 0.596. The van der Waals surface area contributed by atoms with Gasteiger partial charge in [0.15, 0.2) is 0 Å². The lowest BCUT2D eigenvalue weighted by atomic mass is 9.68. The van der Waals surface area contributed by atoms with Crippen LogP contribution in [0.25, 0.3) is 0 Å². The lowest BCUT2D eigenvalue weighted by molar-refractivity contribution is -0.177. The van der Waals surface area contributed by atoms with Crippen molar-refractivity contribution in [1.29, 1.82) is 0 Å². The first-order valence-corrected chi connectivity index (χ1v) is 6.26. The van der Waals surface area contributed by atoms with Crippen LogP contribution in [0.4, 0.5) is 0 Å². The van der Waals surface area contributed by atoms with Crippen LogP contribution in [0, 0.1) is 17.8 Å². The fraction of sp³-hybridized carbons (Fsp3) is 0.857. The van der Waals surface area contributed by atoms with Crippen LogP contribution in [0.1, 0.15) is 47.5 Å². The van der Waals surface area contributed by atoms with E-state index in [0.29, 0.717) is 17.9 Å². The summed E-state index contributed by atoms with van der Waals surface area (Å²) >= 11 is 0. The Bertz CT molecular complexity index is 275. The van der Waals surface area contributed by atoms with Gasteiger partial charge in [-0.3, -0.25) is 0 Å². The second-order valence-corrected chi connectivity index (χ2v) is 6.15. The monoisotopic (exact) mass is 208 g/mol. The molecule has 1 fully saturated rings. The van der Waals surface area contributed by atoms with E-state index < -0.39 is 0 Å². The summed E-state index contributed by atoms with van der Waals surface area (Å²) in [5.74, 6) is 2.02. The molecule has 2 aliphatic rings. The molecule has 15 heavy (non-hydrogen) atoms. The largest absolute Gasteiger partial charge is 0.371 e. The van der Waals surface area contributed by atoms with Crippen molar-refractivity contribution in [2.75, 3.05) is 0 Å². The predicted molar refractivity (Wildman–Crippen MR) is 63.8 cm³/mol. The second kappa shape index (κ2) is 3.62. The van der Waals surface area contributed by atoms with Gasteiger partial charge in [-0.05, 0) is 45.4 Å². The minimum atomic E-state index is 0.0721. The third-order valence-corrected chi connectivity index (χ3v) is 4.32. The van der Waals surface area contributed by atoms with Gasteiger partial charge in [0.2, 0.25) is 0 Å². The summed E-state index contributed by atoms with van der Waals surface area (Å²) in [4.78, 5) is 0. The highest BCUT2D eigenvalue weighted by Gasteiger charge is 2.45. The number of rotatable bonds is 1. The van der Waals surface area contributed by atoms with Crippen molar-refractivity contribution in [3.63, 3.8) is 0 Å². The van der Waals surface area contributed by atoms with Crippen LogP contribution >= 0.6 is 0 Å². The van der Waals surface area contributed by atoms with E-state index in [4.69, 9.17) is 4.74 Å². The summed E-state index contributed by atoms with van der Waals surface area (Å²) in [6.07, 6.45) is 5.41. The van der Waals surface area contributed by atoms with Crippen LogP contribution in [-0.4, -0.2) is 11.7 Å². The minimum absolute atomic E-state index is 0.0721. The Labute approximate surface area is 93.9 Å². The van der Waals surface area contributed by atoms with Crippen molar-refractivity contribution in [2.24, 2.45) is 17.8 Å². The Morgan fingerprint density at radius 2 is 2.07 bits per heavy atom. The second-order valence-electron chi connectivity index (χ2n) is 6.15. The van der Waals surface area contributed by atoms with Gasteiger partial charge in [0, 0.05) is 5.92 Å². The smallest absolute Gasteiger partial charge is 0.0670 e. The molecule has 2 rings (SSSR count). The molecule has 0 saturated carbocycles. The zero-order valence-corrected chi connectivity index (χ0v) is 10.7. The number of fused-ring (bicyclic) bond motifs is 2. The van der Waals surface area contributed by atoms with Crippen molar-refractivity contribution in [2.45, 2.75) is 59.2 Å². The Morgan fingerprint density at radius 3 is 2.67 bits per heavy atom. The molecule has 1 heterocycles.